The Labute approximate surface area is 104 Å². The Kier molecular flexibility index (Phi) is 4.51. The minimum Gasteiger partial charge on any atom is -0.329 e. The van der Waals surface area contributed by atoms with E-state index in [-0.39, 0.29) is 0 Å². The second kappa shape index (κ2) is 6.12. The molecule has 0 amide bonds. The summed E-state index contributed by atoms with van der Waals surface area (Å²) < 4.78 is 0. The van der Waals surface area contributed by atoms with E-state index in [0.29, 0.717) is 6.04 Å². The zero-order valence-corrected chi connectivity index (χ0v) is 10.7. The predicted octanol–water partition coefficient (Wildman–Crippen LogP) is 2.09. The summed E-state index contributed by atoms with van der Waals surface area (Å²) in [4.78, 5) is 7.01. The molecular weight excluding hydrogens is 210 g/mol. The number of likely N-dealkylation sites (tertiary alicyclic amines) is 1. The fraction of sp³-hybridized carbons (Fsp3) is 0.643. The third-order valence-corrected chi connectivity index (χ3v) is 3.74. The van der Waals surface area contributed by atoms with Crippen molar-refractivity contribution in [2.24, 2.45) is 5.73 Å². The molecule has 2 N–H and O–H groups in total. The van der Waals surface area contributed by atoms with Gasteiger partial charge in [0.25, 0.3) is 0 Å². The summed E-state index contributed by atoms with van der Waals surface area (Å²) in [5.41, 5.74) is 8.38. The number of nitrogens with two attached hydrogens (primary N) is 1. The molecule has 0 bridgehead atoms. The van der Waals surface area contributed by atoms with Crippen molar-refractivity contribution in [3.63, 3.8) is 0 Å². The van der Waals surface area contributed by atoms with Crippen LogP contribution in [0.25, 0.3) is 0 Å². The van der Waals surface area contributed by atoms with Crippen LogP contribution >= 0.6 is 0 Å². The van der Waals surface area contributed by atoms with Crippen LogP contribution < -0.4 is 5.73 Å². The highest BCUT2D eigenvalue weighted by Crippen LogP contribution is 2.19. The third kappa shape index (κ3) is 3.27. The van der Waals surface area contributed by atoms with Crippen molar-refractivity contribution in [1.29, 1.82) is 0 Å². The van der Waals surface area contributed by atoms with E-state index in [1.807, 2.05) is 12.3 Å². The normalized spacial score (nSPS) is 22.4. The van der Waals surface area contributed by atoms with E-state index < -0.39 is 0 Å². The molecule has 1 aliphatic rings. The SMILES string of the molecule is Cc1cccnc1CN1CCCCCC1CN. The van der Waals surface area contributed by atoms with Crippen LogP contribution in [0.4, 0.5) is 0 Å². The van der Waals surface area contributed by atoms with Gasteiger partial charge in [-0.3, -0.25) is 9.88 Å². The van der Waals surface area contributed by atoms with Crippen molar-refractivity contribution < 1.29 is 0 Å². The number of hydrogen-bond donors (Lipinski definition) is 1. The zero-order chi connectivity index (χ0) is 12.1. The minimum absolute atomic E-state index is 0.541. The number of rotatable bonds is 3. The van der Waals surface area contributed by atoms with Crippen LogP contribution in [-0.2, 0) is 6.54 Å². The molecule has 1 atom stereocenters. The Hall–Kier alpha value is -0.930. The zero-order valence-electron chi connectivity index (χ0n) is 10.7. The molecule has 0 aliphatic carbocycles. The van der Waals surface area contributed by atoms with E-state index >= 15 is 0 Å². The van der Waals surface area contributed by atoms with Crippen molar-refractivity contribution in [3.8, 4) is 0 Å². The molecule has 1 saturated heterocycles. The summed E-state index contributed by atoms with van der Waals surface area (Å²) >= 11 is 0. The lowest BCUT2D eigenvalue weighted by Crippen LogP contribution is -2.39. The topological polar surface area (TPSA) is 42.2 Å². The summed E-state index contributed by atoms with van der Waals surface area (Å²) in [5.74, 6) is 0. The maximum atomic E-state index is 5.89. The van der Waals surface area contributed by atoms with E-state index in [1.165, 1.54) is 36.9 Å². The number of aromatic nitrogens is 1. The molecule has 3 nitrogen and oxygen atoms in total. The summed E-state index contributed by atoms with van der Waals surface area (Å²) in [7, 11) is 0. The Morgan fingerprint density at radius 3 is 3.06 bits per heavy atom. The molecule has 1 aliphatic heterocycles. The van der Waals surface area contributed by atoms with Crippen molar-refractivity contribution in [3.05, 3.63) is 29.6 Å². The van der Waals surface area contributed by atoms with Crippen LogP contribution in [-0.4, -0.2) is 29.0 Å². The molecule has 1 aromatic heterocycles. The van der Waals surface area contributed by atoms with Crippen molar-refractivity contribution in [1.82, 2.24) is 9.88 Å². The predicted molar refractivity (Wildman–Crippen MR) is 70.7 cm³/mol. The maximum absolute atomic E-state index is 5.89. The lowest BCUT2D eigenvalue weighted by molar-refractivity contribution is 0.193. The Balaban J connectivity index is 2.07. The average Bonchev–Trinajstić information content (AvgIpc) is 2.57. The smallest absolute Gasteiger partial charge is 0.0573 e. The van der Waals surface area contributed by atoms with Crippen molar-refractivity contribution in [2.45, 2.75) is 45.2 Å². The second-order valence-electron chi connectivity index (χ2n) is 4.98. The Bertz CT molecular complexity index is 351. The molecule has 3 heteroatoms. The van der Waals surface area contributed by atoms with Crippen LogP contribution in [0.5, 0.6) is 0 Å². The standard InChI is InChI=1S/C14H23N3/c1-12-6-5-8-16-14(12)11-17-9-4-2-3-7-13(17)10-15/h5-6,8,13H,2-4,7,9-11,15H2,1H3. The summed E-state index contributed by atoms with van der Waals surface area (Å²) in [6.45, 7) is 5.02. The van der Waals surface area contributed by atoms with Gasteiger partial charge in [0, 0.05) is 25.3 Å². The molecule has 1 unspecified atom stereocenters. The molecule has 0 aromatic carbocycles. The number of nitrogens with zero attached hydrogens (tertiary/aromatic N) is 2. The van der Waals surface area contributed by atoms with E-state index in [4.69, 9.17) is 5.73 Å². The van der Waals surface area contributed by atoms with Gasteiger partial charge in [-0.2, -0.15) is 0 Å². The van der Waals surface area contributed by atoms with Gasteiger partial charge >= 0.3 is 0 Å². The van der Waals surface area contributed by atoms with Gasteiger partial charge in [0.1, 0.15) is 0 Å². The molecule has 1 aromatic rings. The van der Waals surface area contributed by atoms with Crippen molar-refractivity contribution in [2.75, 3.05) is 13.1 Å². The highest BCUT2D eigenvalue weighted by atomic mass is 15.2. The first-order valence-corrected chi connectivity index (χ1v) is 6.66. The monoisotopic (exact) mass is 233 g/mol. The van der Waals surface area contributed by atoms with E-state index in [2.05, 4.69) is 22.9 Å². The largest absolute Gasteiger partial charge is 0.329 e. The summed E-state index contributed by atoms with van der Waals surface area (Å²) in [6.07, 6.45) is 7.08. The molecule has 0 saturated carbocycles. The molecule has 2 heterocycles. The lowest BCUT2D eigenvalue weighted by Gasteiger charge is -2.28. The highest BCUT2D eigenvalue weighted by molar-refractivity contribution is 5.17. The maximum Gasteiger partial charge on any atom is 0.0573 e. The minimum atomic E-state index is 0.541. The highest BCUT2D eigenvalue weighted by Gasteiger charge is 2.20. The molecule has 2 rings (SSSR count). The molecule has 0 spiro atoms. The van der Waals surface area contributed by atoms with Gasteiger partial charge in [-0.05, 0) is 37.9 Å². The van der Waals surface area contributed by atoms with Gasteiger partial charge in [-0.1, -0.05) is 18.9 Å². The van der Waals surface area contributed by atoms with Crippen LogP contribution in [0, 0.1) is 6.92 Å². The average molecular weight is 233 g/mol. The number of aryl methyl sites for hydroxylation is 1. The Morgan fingerprint density at radius 1 is 1.41 bits per heavy atom. The van der Waals surface area contributed by atoms with Crippen molar-refractivity contribution >= 4 is 0 Å². The second-order valence-corrected chi connectivity index (χ2v) is 4.98. The third-order valence-electron chi connectivity index (χ3n) is 3.74. The van der Waals surface area contributed by atoms with Gasteiger partial charge in [0.15, 0.2) is 0 Å². The van der Waals surface area contributed by atoms with Crippen LogP contribution in [0.3, 0.4) is 0 Å². The lowest BCUT2D eigenvalue weighted by atomic mass is 10.1. The quantitative estimate of drug-likeness (QED) is 0.869. The van der Waals surface area contributed by atoms with E-state index in [9.17, 15) is 0 Å². The van der Waals surface area contributed by atoms with Gasteiger partial charge in [0.05, 0.1) is 5.69 Å². The van der Waals surface area contributed by atoms with Gasteiger partial charge in [-0.15, -0.1) is 0 Å². The molecule has 94 valence electrons. The van der Waals surface area contributed by atoms with E-state index in [0.717, 1.165) is 19.6 Å². The first-order chi connectivity index (χ1) is 8.31. The van der Waals surface area contributed by atoms with Crippen LogP contribution in [0.2, 0.25) is 0 Å². The molecular formula is C14H23N3. The molecule has 0 radical (unpaired) electrons. The number of pyridine rings is 1. The van der Waals surface area contributed by atoms with Gasteiger partial charge in [-0.25, -0.2) is 0 Å². The summed E-state index contributed by atoms with van der Waals surface area (Å²) in [5, 5.41) is 0. The summed E-state index contributed by atoms with van der Waals surface area (Å²) in [6, 6.07) is 4.68. The molecule has 17 heavy (non-hydrogen) atoms. The fourth-order valence-corrected chi connectivity index (χ4v) is 2.59. The van der Waals surface area contributed by atoms with Crippen LogP contribution in [0.15, 0.2) is 18.3 Å². The van der Waals surface area contributed by atoms with Gasteiger partial charge < -0.3 is 5.73 Å². The van der Waals surface area contributed by atoms with Gasteiger partial charge in [0.2, 0.25) is 0 Å². The van der Waals surface area contributed by atoms with E-state index in [1.54, 1.807) is 0 Å². The first kappa shape index (κ1) is 12.5. The number of hydrogen-bond acceptors (Lipinski definition) is 3. The fourth-order valence-electron chi connectivity index (χ4n) is 2.59. The Morgan fingerprint density at radius 2 is 2.29 bits per heavy atom. The first-order valence-electron chi connectivity index (χ1n) is 6.66. The molecule has 1 fully saturated rings. The van der Waals surface area contributed by atoms with Crippen LogP contribution in [0.1, 0.15) is 36.9 Å².